The first-order valence-electron chi connectivity index (χ1n) is 11.1. The van der Waals surface area contributed by atoms with Crippen LogP contribution in [0.25, 0.3) is 10.9 Å². The molecule has 33 heavy (non-hydrogen) atoms. The lowest BCUT2D eigenvalue weighted by Crippen LogP contribution is -2.44. The van der Waals surface area contributed by atoms with E-state index in [1.165, 1.54) is 19.2 Å². The molecule has 0 bridgehead atoms. The van der Waals surface area contributed by atoms with Gasteiger partial charge >= 0.3 is 0 Å². The summed E-state index contributed by atoms with van der Waals surface area (Å²) < 4.78 is 24.1. The van der Waals surface area contributed by atoms with Gasteiger partial charge in [0.05, 0.1) is 42.9 Å². The molecule has 0 aliphatic carbocycles. The number of aryl methyl sites for hydroxylation is 2. The third-order valence-corrected chi connectivity index (χ3v) is 5.85. The smallest absolute Gasteiger partial charge is 0.255 e. The second kappa shape index (κ2) is 10.7. The Bertz CT molecular complexity index is 1080. The van der Waals surface area contributed by atoms with Gasteiger partial charge in [0, 0.05) is 31.9 Å². The zero-order valence-electron chi connectivity index (χ0n) is 18.6. The van der Waals surface area contributed by atoms with Crippen LogP contribution in [-0.2, 0) is 17.6 Å². The molecule has 0 radical (unpaired) electrons. The molecule has 1 unspecified atom stereocenters. The first-order valence-corrected chi connectivity index (χ1v) is 11.1. The van der Waals surface area contributed by atoms with Crippen molar-refractivity contribution < 1.29 is 23.8 Å². The Kier molecular flexibility index (Phi) is 7.54. The summed E-state index contributed by atoms with van der Waals surface area (Å²) in [6, 6.07) is 9.84. The Balaban J connectivity index is 1.45. The number of amides is 1. The SMILES string of the molecule is COc1c(C(=O)NCC(O)CN2CCOCC2)ccc2n[nH]c(CCc3ccc(F)cc3)c12. The Morgan fingerprint density at radius 2 is 2.00 bits per heavy atom. The maximum absolute atomic E-state index is 13.2. The monoisotopic (exact) mass is 456 g/mol. The largest absolute Gasteiger partial charge is 0.495 e. The molecule has 176 valence electrons. The molecule has 1 saturated heterocycles. The molecular weight excluding hydrogens is 427 g/mol. The summed E-state index contributed by atoms with van der Waals surface area (Å²) in [6.45, 7) is 3.48. The maximum Gasteiger partial charge on any atom is 0.255 e. The van der Waals surface area contributed by atoms with Gasteiger partial charge in [0.25, 0.3) is 5.91 Å². The van der Waals surface area contributed by atoms with E-state index in [-0.39, 0.29) is 18.3 Å². The highest BCUT2D eigenvalue weighted by Crippen LogP contribution is 2.32. The highest BCUT2D eigenvalue weighted by molar-refractivity contribution is 6.03. The zero-order chi connectivity index (χ0) is 23.2. The van der Waals surface area contributed by atoms with Crippen molar-refractivity contribution in [3.63, 3.8) is 0 Å². The Labute approximate surface area is 191 Å². The molecule has 1 aliphatic rings. The predicted octanol–water partition coefficient (Wildman–Crippen LogP) is 1.92. The standard InChI is InChI=1S/C24H29FN4O4/c1-32-23-19(24(31)26-14-18(30)15-29-10-12-33-13-11-29)7-9-21-22(23)20(27-28-21)8-4-16-2-5-17(25)6-3-16/h2-3,5-7,9,18,30H,4,8,10-15H2,1H3,(H,26,31)(H,27,28). The van der Waals surface area contributed by atoms with Gasteiger partial charge in [-0.1, -0.05) is 12.1 Å². The number of aliphatic hydroxyl groups excluding tert-OH is 1. The van der Waals surface area contributed by atoms with Gasteiger partial charge in [-0.2, -0.15) is 5.10 Å². The van der Waals surface area contributed by atoms with E-state index in [1.54, 1.807) is 24.3 Å². The predicted molar refractivity (Wildman–Crippen MR) is 122 cm³/mol. The van der Waals surface area contributed by atoms with Crippen LogP contribution in [0, 0.1) is 5.82 Å². The normalized spacial score (nSPS) is 15.5. The quantitative estimate of drug-likeness (QED) is 0.455. The second-order valence-electron chi connectivity index (χ2n) is 8.15. The van der Waals surface area contributed by atoms with Crippen molar-refractivity contribution >= 4 is 16.8 Å². The lowest BCUT2D eigenvalue weighted by molar-refractivity contribution is 0.0149. The number of methoxy groups -OCH3 is 1. The van der Waals surface area contributed by atoms with Crippen LogP contribution in [0.4, 0.5) is 4.39 Å². The molecule has 4 rings (SSSR count). The Morgan fingerprint density at radius 1 is 1.24 bits per heavy atom. The lowest BCUT2D eigenvalue weighted by atomic mass is 10.0. The number of β-amino-alcohol motifs (C(OH)–C–C–N with tert-alkyl or cyclic N) is 1. The number of hydrogen-bond acceptors (Lipinski definition) is 6. The summed E-state index contributed by atoms with van der Waals surface area (Å²) in [5.41, 5.74) is 2.92. The fourth-order valence-corrected chi connectivity index (χ4v) is 4.08. The molecule has 1 aliphatic heterocycles. The highest BCUT2D eigenvalue weighted by atomic mass is 19.1. The molecule has 0 spiro atoms. The van der Waals surface area contributed by atoms with Crippen LogP contribution in [0.5, 0.6) is 5.75 Å². The molecule has 1 aromatic heterocycles. The molecule has 8 nitrogen and oxygen atoms in total. The number of hydrogen-bond donors (Lipinski definition) is 3. The second-order valence-corrected chi connectivity index (χ2v) is 8.15. The fraction of sp³-hybridized carbons (Fsp3) is 0.417. The maximum atomic E-state index is 13.2. The molecule has 1 amide bonds. The van der Waals surface area contributed by atoms with Crippen LogP contribution in [0.2, 0.25) is 0 Å². The summed E-state index contributed by atoms with van der Waals surface area (Å²) in [6.07, 6.45) is 0.633. The van der Waals surface area contributed by atoms with Crippen LogP contribution in [0.15, 0.2) is 36.4 Å². The number of carbonyl (C=O) groups is 1. The van der Waals surface area contributed by atoms with Crippen LogP contribution in [-0.4, -0.2) is 78.7 Å². The number of aromatic amines is 1. The number of rotatable bonds is 9. The molecule has 0 saturated carbocycles. The van der Waals surface area contributed by atoms with Gasteiger partial charge in [0.2, 0.25) is 0 Å². The zero-order valence-corrected chi connectivity index (χ0v) is 18.6. The molecule has 9 heteroatoms. The minimum absolute atomic E-state index is 0.139. The van der Waals surface area contributed by atoms with Crippen molar-refractivity contribution in [1.82, 2.24) is 20.4 Å². The summed E-state index contributed by atoms with van der Waals surface area (Å²) in [7, 11) is 1.52. The van der Waals surface area contributed by atoms with Crippen LogP contribution < -0.4 is 10.1 Å². The summed E-state index contributed by atoms with van der Waals surface area (Å²) in [5.74, 6) is -0.144. The van der Waals surface area contributed by atoms with E-state index in [0.717, 1.165) is 29.7 Å². The number of H-pyrrole nitrogens is 1. The van der Waals surface area contributed by atoms with Crippen LogP contribution in [0.3, 0.4) is 0 Å². The minimum Gasteiger partial charge on any atom is -0.495 e. The first kappa shape index (κ1) is 23.2. The van der Waals surface area contributed by atoms with Gasteiger partial charge in [-0.05, 0) is 42.7 Å². The van der Waals surface area contributed by atoms with E-state index in [1.807, 2.05) is 0 Å². The van der Waals surface area contributed by atoms with Crippen molar-refractivity contribution in [2.45, 2.75) is 18.9 Å². The third-order valence-electron chi connectivity index (χ3n) is 5.85. The number of nitrogens with one attached hydrogen (secondary N) is 2. The number of morpholine rings is 1. The van der Waals surface area contributed by atoms with Crippen LogP contribution in [0.1, 0.15) is 21.6 Å². The number of aromatic nitrogens is 2. The fourth-order valence-electron chi connectivity index (χ4n) is 4.08. The molecule has 1 fully saturated rings. The van der Waals surface area contributed by atoms with Crippen molar-refractivity contribution in [1.29, 1.82) is 0 Å². The summed E-state index contributed by atoms with van der Waals surface area (Å²) >= 11 is 0. The number of ether oxygens (including phenoxy) is 2. The Morgan fingerprint density at radius 3 is 2.73 bits per heavy atom. The van der Waals surface area contributed by atoms with Crippen molar-refractivity contribution in [3.8, 4) is 5.75 Å². The Hall–Kier alpha value is -3.01. The van der Waals surface area contributed by atoms with Crippen molar-refractivity contribution in [2.75, 3.05) is 46.5 Å². The average Bonchev–Trinajstić information content (AvgIpc) is 3.25. The van der Waals surface area contributed by atoms with Crippen molar-refractivity contribution in [3.05, 3.63) is 59.0 Å². The van der Waals surface area contributed by atoms with E-state index in [9.17, 15) is 14.3 Å². The molecule has 2 aromatic carbocycles. The summed E-state index contributed by atoms with van der Waals surface area (Å²) in [4.78, 5) is 15.0. The van der Waals surface area contributed by atoms with E-state index in [2.05, 4.69) is 20.4 Å². The van der Waals surface area contributed by atoms with E-state index >= 15 is 0 Å². The van der Waals surface area contributed by atoms with Crippen molar-refractivity contribution in [2.24, 2.45) is 0 Å². The third kappa shape index (κ3) is 5.68. The minimum atomic E-state index is -0.679. The number of halogens is 1. The number of nitrogens with zero attached hydrogens (tertiary/aromatic N) is 2. The van der Waals surface area contributed by atoms with Gasteiger partial charge in [-0.15, -0.1) is 0 Å². The highest BCUT2D eigenvalue weighted by Gasteiger charge is 2.21. The van der Waals surface area contributed by atoms with E-state index in [0.29, 0.717) is 49.4 Å². The molecule has 2 heterocycles. The topological polar surface area (TPSA) is 99.7 Å². The lowest BCUT2D eigenvalue weighted by Gasteiger charge is -2.28. The molecule has 1 atom stereocenters. The summed E-state index contributed by atoms with van der Waals surface area (Å²) in [5, 5.41) is 21.3. The van der Waals surface area contributed by atoms with Gasteiger partial charge in [-0.25, -0.2) is 4.39 Å². The van der Waals surface area contributed by atoms with Crippen LogP contribution >= 0.6 is 0 Å². The number of benzene rings is 2. The van der Waals surface area contributed by atoms with E-state index in [4.69, 9.17) is 9.47 Å². The number of carbonyl (C=O) groups excluding carboxylic acids is 1. The first-order chi connectivity index (χ1) is 16.0. The molecular formula is C24H29FN4O4. The molecule has 3 N–H and O–H groups in total. The number of fused-ring (bicyclic) bond motifs is 1. The molecule has 3 aromatic rings. The van der Waals surface area contributed by atoms with Gasteiger partial charge < -0.3 is 19.9 Å². The number of aliphatic hydroxyl groups is 1. The van der Waals surface area contributed by atoms with Gasteiger partial charge in [0.15, 0.2) is 0 Å². The van der Waals surface area contributed by atoms with Gasteiger partial charge in [-0.3, -0.25) is 14.8 Å². The van der Waals surface area contributed by atoms with E-state index < -0.39 is 6.10 Å². The average molecular weight is 457 g/mol. The van der Waals surface area contributed by atoms with Gasteiger partial charge in [0.1, 0.15) is 11.6 Å².